The Morgan fingerprint density at radius 3 is 2.80 bits per heavy atom. The first-order valence-corrected chi connectivity index (χ1v) is 7.33. The Morgan fingerprint density at radius 2 is 2.10 bits per heavy atom. The van der Waals surface area contributed by atoms with Crippen LogP contribution in [0.15, 0.2) is 11.4 Å². The summed E-state index contributed by atoms with van der Waals surface area (Å²) in [6.07, 6.45) is 1.95. The van der Waals surface area contributed by atoms with Crippen molar-refractivity contribution in [1.82, 2.24) is 10.6 Å². The number of nitrogens with one attached hydrogen (secondary N) is 2. The fourth-order valence-electron chi connectivity index (χ4n) is 1.60. The highest BCUT2D eigenvalue weighted by Crippen LogP contribution is 2.28. The third-order valence-electron chi connectivity index (χ3n) is 2.81. The van der Waals surface area contributed by atoms with E-state index in [0.717, 1.165) is 17.7 Å². The van der Waals surface area contributed by atoms with Crippen LogP contribution in [0.1, 0.15) is 28.1 Å². The highest BCUT2D eigenvalue weighted by Gasteiger charge is 2.28. The maximum Gasteiger partial charge on any atom is 0.252 e. The summed E-state index contributed by atoms with van der Waals surface area (Å²) < 4.78 is 0. The zero-order valence-electron chi connectivity index (χ0n) is 10.9. The van der Waals surface area contributed by atoms with Crippen LogP contribution < -0.4 is 10.6 Å². The molecule has 1 aromatic rings. The summed E-state index contributed by atoms with van der Waals surface area (Å²) in [5.41, 5.74) is 0.547. The molecule has 0 bridgehead atoms. The second-order valence-corrected chi connectivity index (χ2v) is 5.39. The molecule has 0 unspecified atom stereocenters. The molecule has 1 fully saturated rings. The minimum Gasteiger partial charge on any atom is -0.384 e. The lowest BCUT2D eigenvalue weighted by Crippen LogP contribution is -2.35. The van der Waals surface area contributed by atoms with Gasteiger partial charge in [0, 0.05) is 24.4 Å². The van der Waals surface area contributed by atoms with Crippen molar-refractivity contribution in [1.29, 1.82) is 0 Å². The molecule has 6 heteroatoms. The van der Waals surface area contributed by atoms with Gasteiger partial charge in [0.25, 0.3) is 5.91 Å². The van der Waals surface area contributed by atoms with E-state index >= 15 is 0 Å². The summed E-state index contributed by atoms with van der Waals surface area (Å²) in [5.74, 6) is 5.38. The van der Waals surface area contributed by atoms with Gasteiger partial charge in [-0.2, -0.15) is 0 Å². The second kappa shape index (κ2) is 7.08. The molecule has 0 radical (unpaired) electrons. The molecule has 0 atom stereocenters. The van der Waals surface area contributed by atoms with Crippen LogP contribution in [0, 0.1) is 17.8 Å². The Balaban J connectivity index is 1.71. The molecule has 20 heavy (non-hydrogen) atoms. The van der Waals surface area contributed by atoms with Gasteiger partial charge >= 0.3 is 0 Å². The number of hydrogen-bond acceptors (Lipinski definition) is 4. The van der Waals surface area contributed by atoms with Crippen molar-refractivity contribution in [3.63, 3.8) is 0 Å². The van der Waals surface area contributed by atoms with Gasteiger partial charge < -0.3 is 15.7 Å². The second-order valence-electron chi connectivity index (χ2n) is 4.48. The van der Waals surface area contributed by atoms with Crippen LogP contribution in [0.3, 0.4) is 0 Å². The summed E-state index contributed by atoms with van der Waals surface area (Å²) in [7, 11) is 0. The number of hydrogen-bond donors (Lipinski definition) is 3. The third-order valence-corrected chi connectivity index (χ3v) is 3.66. The fraction of sp³-hybridized carbons (Fsp3) is 0.429. The first-order chi connectivity index (χ1) is 9.70. The number of aliphatic hydroxyl groups excluding tert-OH is 1. The zero-order valence-corrected chi connectivity index (χ0v) is 11.8. The lowest BCUT2D eigenvalue weighted by atomic mass is 10.3. The minimum atomic E-state index is -0.194. The van der Waals surface area contributed by atoms with Crippen LogP contribution in [0.2, 0.25) is 0 Å². The van der Waals surface area contributed by atoms with Gasteiger partial charge in [0.05, 0.1) is 10.4 Å². The summed E-state index contributed by atoms with van der Waals surface area (Å²) in [5, 5.41) is 15.8. The van der Waals surface area contributed by atoms with Gasteiger partial charge in [0.2, 0.25) is 5.91 Å². The average Bonchev–Trinajstić information content (AvgIpc) is 3.19. The number of carbonyl (C=O) groups excluding carboxylic acids is 2. The van der Waals surface area contributed by atoms with Crippen molar-refractivity contribution in [3.05, 3.63) is 21.9 Å². The van der Waals surface area contributed by atoms with Crippen LogP contribution >= 0.6 is 11.3 Å². The van der Waals surface area contributed by atoms with Crippen molar-refractivity contribution in [2.24, 2.45) is 5.92 Å². The van der Waals surface area contributed by atoms with Gasteiger partial charge in [-0.1, -0.05) is 11.8 Å². The predicted octanol–water partition coefficient (Wildman–Crippen LogP) is 0.348. The van der Waals surface area contributed by atoms with Crippen LogP contribution in [0.4, 0.5) is 0 Å². The molecule has 1 heterocycles. The van der Waals surface area contributed by atoms with Crippen molar-refractivity contribution >= 4 is 23.2 Å². The van der Waals surface area contributed by atoms with Crippen molar-refractivity contribution < 1.29 is 14.7 Å². The van der Waals surface area contributed by atoms with E-state index < -0.39 is 0 Å². The monoisotopic (exact) mass is 292 g/mol. The topological polar surface area (TPSA) is 78.4 Å². The van der Waals surface area contributed by atoms with E-state index in [1.807, 2.05) is 0 Å². The number of amides is 2. The summed E-state index contributed by atoms with van der Waals surface area (Å²) in [4.78, 5) is 23.9. The first kappa shape index (κ1) is 14.6. The van der Waals surface area contributed by atoms with Gasteiger partial charge in [-0.25, -0.2) is 0 Å². The fourth-order valence-corrected chi connectivity index (χ4v) is 2.36. The average molecular weight is 292 g/mol. The lowest BCUT2D eigenvalue weighted by molar-refractivity contribution is -0.122. The smallest absolute Gasteiger partial charge is 0.252 e. The Morgan fingerprint density at radius 1 is 1.35 bits per heavy atom. The zero-order chi connectivity index (χ0) is 14.4. The summed E-state index contributed by atoms with van der Waals surface area (Å²) >= 11 is 1.36. The van der Waals surface area contributed by atoms with Crippen LogP contribution in [-0.4, -0.2) is 36.6 Å². The highest BCUT2D eigenvalue weighted by atomic mass is 32.1. The minimum absolute atomic E-state index is 0.0800. The van der Waals surface area contributed by atoms with Crippen molar-refractivity contribution in [2.45, 2.75) is 12.8 Å². The Bertz CT molecular complexity index is 552. The molecule has 0 aromatic carbocycles. The molecule has 0 aliphatic heterocycles. The molecule has 5 nitrogen and oxygen atoms in total. The number of rotatable bonds is 5. The van der Waals surface area contributed by atoms with E-state index in [-0.39, 0.29) is 24.3 Å². The van der Waals surface area contributed by atoms with E-state index in [1.54, 1.807) is 11.4 Å². The van der Waals surface area contributed by atoms with Gasteiger partial charge in [0.15, 0.2) is 0 Å². The Kier molecular flexibility index (Phi) is 5.16. The van der Waals surface area contributed by atoms with E-state index in [9.17, 15) is 9.59 Å². The molecule has 106 valence electrons. The molecule has 2 amide bonds. The number of thiophene rings is 1. The number of aliphatic hydroxyl groups is 1. The standard InChI is InChI=1S/C14H16N2O3S/c17-7-1-2-12-8-11(9-20-12)14(19)16-6-5-15-13(18)10-3-4-10/h8-10,17H,3-7H2,(H,15,18)(H,16,19). The van der Waals surface area contributed by atoms with Crippen molar-refractivity contribution in [3.8, 4) is 11.8 Å². The van der Waals surface area contributed by atoms with E-state index in [0.29, 0.717) is 18.7 Å². The molecule has 1 saturated carbocycles. The summed E-state index contributed by atoms with van der Waals surface area (Å²) in [6, 6.07) is 1.69. The maximum absolute atomic E-state index is 11.8. The molecular weight excluding hydrogens is 276 g/mol. The lowest BCUT2D eigenvalue weighted by Gasteiger charge is -2.05. The van der Waals surface area contributed by atoms with Gasteiger partial charge in [-0.15, -0.1) is 11.3 Å². The summed E-state index contributed by atoms with van der Waals surface area (Å²) in [6.45, 7) is 0.660. The predicted molar refractivity (Wildman–Crippen MR) is 76.3 cm³/mol. The molecule has 1 aliphatic rings. The molecule has 2 rings (SSSR count). The van der Waals surface area contributed by atoms with Crippen LogP contribution in [0.5, 0.6) is 0 Å². The highest BCUT2D eigenvalue weighted by molar-refractivity contribution is 7.10. The van der Waals surface area contributed by atoms with Crippen LogP contribution in [-0.2, 0) is 4.79 Å². The number of carbonyl (C=O) groups is 2. The van der Waals surface area contributed by atoms with Gasteiger partial charge in [-0.05, 0) is 18.9 Å². The van der Waals surface area contributed by atoms with E-state index in [1.165, 1.54) is 11.3 Å². The maximum atomic E-state index is 11.8. The Labute approximate surface area is 121 Å². The largest absolute Gasteiger partial charge is 0.384 e. The van der Waals surface area contributed by atoms with Gasteiger partial charge in [0.1, 0.15) is 6.61 Å². The normalized spacial score (nSPS) is 13.2. The van der Waals surface area contributed by atoms with E-state index in [2.05, 4.69) is 22.5 Å². The molecule has 0 spiro atoms. The molecule has 1 aliphatic carbocycles. The third kappa shape index (κ3) is 4.37. The Hall–Kier alpha value is -1.84. The molecule has 0 saturated heterocycles. The first-order valence-electron chi connectivity index (χ1n) is 6.45. The molecule has 1 aromatic heterocycles. The quantitative estimate of drug-likeness (QED) is 0.541. The molecular formula is C14H16N2O3S. The van der Waals surface area contributed by atoms with E-state index in [4.69, 9.17) is 5.11 Å². The van der Waals surface area contributed by atoms with Crippen LogP contribution in [0.25, 0.3) is 0 Å². The van der Waals surface area contributed by atoms with Gasteiger partial charge in [-0.3, -0.25) is 9.59 Å². The van der Waals surface area contributed by atoms with Crippen molar-refractivity contribution in [2.75, 3.05) is 19.7 Å². The SMILES string of the molecule is O=C(NCCNC(=O)C1CC1)c1csc(C#CCO)c1. The molecule has 3 N–H and O–H groups in total.